The summed E-state index contributed by atoms with van der Waals surface area (Å²) < 4.78 is 18.3. The monoisotopic (exact) mass is 408 g/mol. The molecule has 0 radical (unpaired) electrons. The average molecular weight is 408 g/mol. The number of hydrogen-bond acceptors (Lipinski definition) is 6. The first-order valence-electron chi connectivity index (χ1n) is 8.97. The fraction of sp³-hybridized carbons (Fsp3) is 0.143. The molecule has 0 saturated carbocycles. The van der Waals surface area contributed by atoms with E-state index < -0.39 is 6.04 Å². The molecule has 146 valence electrons. The third kappa shape index (κ3) is 4.55. The summed E-state index contributed by atoms with van der Waals surface area (Å²) in [5, 5.41) is 9.31. The molecule has 2 aromatic heterocycles. The summed E-state index contributed by atoms with van der Waals surface area (Å²) in [5.74, 6) is -0.0556. The Labute approximate surface area is 170 Å². The highest BCUT2D eigenvalue weighted by Gasteiger charge is 2.20. The van der Waals surface area contributed by atoms with Gasteiger partial charge in [-0.2, -0.15) is 4.98 Å². The van der Waals surface area contributed by atoms with Gasteiger partial charge in [0.1, 0.15) is 17.6 Å². The SMILES string of the molecule is CC(NC(=O)c1csc(Cc2ccccc2)n1)c1nc(-c2ccc(F)cc2)no1. The topological polar surface area (TPSA) is 80.9 Å². The minimum absolute atomic E-state index is 0.261. The van der Waals surface area contributed by atoms with Crippen LogP contribution in [0.2, 0.25) is 0 Å². The molecule has 6 nitrogen and oxygen atoms in total. The minimum atomic E-state index is -0.497. The summed E-state index contributed by atoms with van der Waals surface area (Å²) in [4.78, 5) is 21.2. The summed E-state index contributed by atoms with van der Waals surface area (Å²) in [6.07, 6.45) is 0.680. The Balaban J connectivity index is 1.40. The summed E-state index contributed by atoms with van der Waals surface area (Å²) in [6.45, 7) is 1.75. The zero-order valence-corrected chi connectivity index (χ0v) is 16.3. The molecule has 0 aliphatic heterocycles. The second kappa shape index (κ2) is 8.32. The van der Waals surface area contributed by atoms with Crippen LogP contribution in [0.4, 0.5) is 4.39 Å². The number of halogens is 1. The van der Waals surface area contributed by atoms with Crippen molar-refractivity contribution in [2.75, 3.05) is 0 Å². The van der Waals surface area contributed by atoms with Crippen molar-refractivity contribution in [2.45, 2.75) is 19.4 Å². The number of carbonyl (C=O) groups excluding carboxylic acids is 1. The minimum Gasteiger partial charge on any atom is -0.339 e. The first kappa shape index (κ1) is 18.9. The molecule has 0 spiro atoms. The van der Waals surface area contributed by atoms with Gasteiger partial charge < -0.3 is 9.84 Å². The van der Waals surface area contributed by atoms with E-state index in [1.165, 1.54) is 23.5 Å². The van der Waals surface area contributed by atoms with Crippen LogP contribution < -0.4 is 5.32 Å². The van der Waals surface area contributed by atoms with E-state index in [1.807, 2.05) is 30.3 Å². The summed E-state index contributed by atoms with van der Waals surface area (Å²) in [7, 11) is 0. The Morgan fingerprint density at radius 3 is 2.66 bits per heavy atom. The summed E-state index contributed by atoms with van der Waals surface area (Å²) in [5.41, 5.74) is 2.12. The maximum atomic E-state index is 13.0. The van der Waals surface area contributed by atoms with Crippen LogP contribution in [-0.4, -0.2) is 21.0 Å². The van der Waals surface area contributed by atoms with Gasteiger partial charge in [-0.15, -0.1) is 11.3 Å². The molecule has 1 atom stereocenters. The number of rotatable bonds is 6. The molecule has 0 saturated heterocycles. The largest absolute Gasteiger partial charge is 0.339 e. The lowest BCUT2D eigenvalue weighted by atomic mass is 10.2. The van der Waals surface area contributed by atoms with Crippen molar-refractivity contribution in [2.24, 2.45) is 0 Å². The average Bonchev–Trinajstić information content (AvgIpc) is 3.39. The quantitative estimate of drug-likeness (QED) is 0.511. The number of aromatic nitrogens is 3. The predicted molar refractivity (Wildman–Crippen MR) is 107 cm³/mol. The van der Waals surface area contributed by atoms with Crippen LogP contribution >= 0.6 is 11.3 Å². The maximum absolute atomic E-state index is 13.0. The van der Waals surface area contributed by atoms with Gasteiger partial charge in [0.15, 0.2) is 0 Å². The van der Waals surface area contributed by atoms with E-state index in [1.54, 1.807) is 24.4 Å². The fourth-order valence-electron chi connectivity index (χ4n) is 2.73. The molecule has 1 unspecified atom stereocenters. The smallest absolute Gasteiger partial charge is 0.271 e. The highest BCUT2D eigenvalue weighted by Crippen LogP contribution is 2.20. The molecule has 4 aromatic rings. The lowest BCUT2D eigenvalue weighted by molar-refractivity contribution is 0.0928. The zero-order chi connectivity index (χ0) is 20.2. The molecule has 1 amide bonds. The Kier molecular flexibility index (Phi) is 5.44. The van der Waals surface area contributed by atoms with Gasteiger partial charge in [-0.25, -0.2) is 9.37 Å². The number of hydrogen-bond donors (Lipinski definition) is 1. The van der Waals surface area contributed by atoms with E-state index in [0.717, 1.165) is 10.6 Å². The second-order valence-electron chi connectivity index (χ2n) is 6.45. The van der Waals surface area contributed by atoms with Gasteiger partial charge >= 0.3 is 0 Å². The van der Waals surface area contributed by atoms with Crippen LogP contribution in [0.3, 0.4) is 0 Å². The van der Waals surface area contributed by atoms with Gasteiger partial charge in [-0.3, -0.25) is 4.79 Å². The highest BCUT2D eigenvalue weighted by molar-refractivity contribution is 7.09. The van der Waals surface area contributed by atoms with Crippen molar-refractivity contribution in [3.8, 4) is 11.4 Å². The van der Waals surface area contributed by atoms with Crippen molar-refractivity contribution in [1.82, 2.24) is 20.4 Å². The molecule has 4 rings (SSSR count). The van der Waals surface area contributed by atoms with Crippen molar-refractivity contribution < 1.29 is 13.7 Å². The van der Waals surface area contributed by atoms with Gasteiger partial charge in [0, 0.05) is 17.4 Å². The Morgan fingerprint density at radius 2 is 1.90 bits per heavy atom. The Morgan fingerprint density at radius 1 is 1.14 bits per heavy atom. The van der Waals surface area contributed by atoms with E-state index in [-0.39, 0.29) is 17.6 Å². The molecule has 0 fully saturated rings. The van der Waals surface area contributed by atoms with Crippen molar-refractivity contribution >= 4 is 17.2 Å². The number of amides is 1. The normalized spacial score (nSPS) is 11.9. The molecular weight excluding hydrogens is 391 g/mol. The molecule has 2 aromatic carbocycles. The van der Waals surface area contributed by atoms with Crippen LogP contribution in [0, 0.1) is 5.82 Å². The molecule has 8 heteroatoms. The lowest BCUT2D eigenvalue weighted by Gasteiger charge is -2.07. The van der Waals surface area contributed by atoms with Crippen molar-refractivity contribution in [1.29, 1.82) is 0 Å². The van der Waals surface area contributed by atoms with Crippen molar-refractivity contribution in [3.05, 3.63) is 88.0 Å². The van der Waals surface area contributed by atoms with E-state index in [2.05, 4.69) is 20.4 Å². The lowest BCUT2D eigenvalue weighted by Crippen LogP contribution is -2.27. The van der Waals surface area contributed by atoms with Gasteiger partial charge in [0.25, 0.3) is 5.91 Å². The van der Waals surface area contributed by atoms with Crippen LogP contribution in [0.25, 0.3) is 11.4 Å². The van der Waals surface area contributed by atoms with E-state index >= 15 is 0 Å². The number of thiazole rings is 1. The third-order valence-corrected chi connectivity index (χ3v) is 5.09. The van der Waals surface area contributed by atoms with E-state index in [9.17, 15) is 9.18 Å². The van der Waals surface area contributed by atoms with Crippen molar-refractivity contribution in [3.63, 3.8) is 0 Å². The molecule has 2 heterocycles. The molecular formula is C21H17FN4O2S. The van der Waals surface area contributed by atoms with Crippen LogP contribution in [0.1, 0.15) is 39.9 Å². The summed E-state index contributed by atoms with van der Waals surface area (Å²) in [6, 6.07) is 15.2. The maximum Gasteiger partial charge on any atom is 0.271 e. The fourth-order valence-corrected chi connectivity index (χ4v) is 3.53. The number of nitrogens with one attached hydrogen (secondary N) is 1. The molecule has 29 heavy (non-hydrogen) atoms. The van der Waals surface area contributed by atoms with Gasteiger partial charge in [-0.05, 0) is 36.8 Å². The number of benzene rings is 2. The van der Waals surface area contributed by atoms with Gasteiger partial charge in [0.05, 0.1) is 5.01 Å². The van der Waals surface area contributed by atoms with Crippen LogP contribution in [0.15, 0.2) is 64.5 Å². The van der Waals surface area contributed by atoms with Gasteiger partial charge in [0.2, 0.25) is 11.7 Å². The zero-order valence-electron chi connectivity index (χ0n) is 15.5. The number of carbonyl (C=O) groups is 1. The Bertz CT molecular complexity index is 1110. The molecule has 1 N–H and O–H groups in total. The first-order valence-corrected chi connectivity index (χ1v) is 9.85. The molecule has 0 aliphatic carbocycles. The third-order valence-electron chi connectivity index (χ3n) is 4.24. The highest BCUT2D eigenvalue weighted by atomic mass is 32.1. The summed E-state index contributed by atoms with van der Waals surface area (Å²) >= 11 is 1.44. The van der Waals surface area contributed by atoms with Crippen LogP contribution in [0.5, 0.6) is 0 Å². The predicted octanol–water partition coefficient (Wildman–Crippen LogP) is 4.41. The van der Waals surface area contributed by atoms with E-state index in [4.69, 9.17) is 4.52 Å². The van der Waals surface area contributed by atoms with Gasteiger partial charge in [-0.1, -0.05) is 35.5 Å². The standard InChI is InChI=1S/C21H17FN4O2S/c1-13(21-25-19(26-28-21)15-7-9-16(22)10-8-15)23-20(27)17-12-29-18(24-17)11-14-5-3-2-4-6-14/h2-10,12-13H,11H2,1H3,(H,23,27). The molecule has 0 bridgehead atoms. The van der Waals surface area contributed by atoms with E-state index in [0.29, 0.717) is 23.5 Å². The number of nitrogens with zero attached hydrogens (tertiary/aromatic N) is 3. The Hall–Kier alpha value is -3.39. The molecule has 0 aliphatic rings. The first-order chi connectivity index (χ1) is 14.1. The second-order valence-corrected chi connectivity index (χ2v) is 7.39. The van der Waals surface area contributed by atoms with Crippen LogP contribution in [-0.2, 0) is 6.42 Å².